The largest absolute Gasteiger partial charge is 0.466 e. The molecule has 1 aromatic rings. The average molecular weight is 287 g/mol. The maximum absolute atomic E-state index is 13.0. The third-order valence-electron chi connectivity index (χ3n) is 2.58. The Kier molecular flexibility index (Phi) is 5.11. The van der Waals surface area contributed by atoms with Gasteiger partial charge in [-0.25, -0.2) is 0 Å². The van der Waals surface area contributed by atoms with Crippen molar-refractivity contribution in [3.8, 4) is 6.07 Å². The molecule has 0 atom stereocenters. The lowest BCUT2D eigenvalue weighted by Crippen LogP contribution is -2.16. The molecule has 0 radical (unpaired) electrons. The summed E-state index contributed by atoms with van der Waals surface area (Å²) in [5, 5.41) is 17.9. The highest BCUT2D eigenvalue weighted by Gasteiger charge is 2.37. The molecular weight excluding hydrogens is 275 g/mol. The molecule has 108 valence electrons. The number of ether oxygens (including phenoxy) is 1. The molecule has 0 aromatic heterocycles. The highest BCUT2D eigenvalue weighted by atomic mass is 19.4. The van der Waals surface area contributed by atoms with Gasteiger partial charge >= 0.3 is 12.1 Å². The van der Waals surface area contributed by atoms with Crippen molar-refractivity contribution >= 4 is 5.97 Å². The molecule has 0 aliphatic rings. The number of esters is 1. The summed E-state index contributed by atoms with van der Waals surface area (Å²) in [6.07, 6.45) is -5.21. The second-order valence-electron chi connectivity index (χ2n) is 3.88. The van der Waals surface area contributed by atoms with Gasteiger partial charge in [0.25, 0.3) is 0 Å². The number of aliphatic hydroxyl groups excluding tert-OH is 1. The lowest BCUT2D eigenvalue weighted by molar-refractivity contribution is -0.143. The van der Waals surface area contributed by atoms with E-state index in [1.807, 2.05) is 0 Å². The first-order valence-electron chi connectivity index (χ1n) is 5.73. The number of rotatable bonds is 4. The number of nitriles is 1. The van der Waals surface area contributed by atoms with Crippen LogP contribution in [0, 0.1) is 11.3 Å². The average Bonchev–Trinajstić information content (AvgIpc) is 2.37. The fraction of sp³-hybridized carbons (Fsp3) is 0.385. The SMILES string of the molecule is CCOC(=O)Cc1ccc(CO)c(C(F)(F)F)c1C#N. The summed E-state index contributed by atoms with van der Waals surface area (Å²) >= 11 is 0. The highest BCUT2D eigenvalue weighted by Crippen LogP contribution is 2.36. The Hall–Kier alpha value is -2.07. The van der Waals surface area contributed by atoms with Crippen molar-refractivity contribution in [1.82, 2.24) is 0 Å². The molecule has 1 rings (SSSR count). The lowest BCUT2D eigenvalue weighted by Gasteiger charge is -2.15. The molecular formula is C13H12F3NO3. The minimum atomic E-state index is -4.78. The van der Waals surface area contributed by atoms with E-state index in [2.05, 4.69) is 4.74 Å². The van der Waals surface area contributed by atoms with E-state index < -0.39 is 41.9 Å². The molecule has 0 aliphatic carbocycles. The van der Waals surface area contributed by atoms with Crippen molar-refractivity contribution < 1.29 is 27.8 Å². The third-order valence-corrected chi connectivity index (χ3v) is 2.58. The normalized spacial score (nSPS) is 11.0. The van der Waals surface area contributed by atoms with Crippen molar-refractivity contribution in [3.63, 3.8) is 0 Å². The van der Waals surface area contributed by atoms with E-state index in [-0.39, 0.29) is 12.2 Å². The predicted molar refractivity (Wildman–Crippen MR) is 62.4 cm³/mol. The van der Waals surface area contributed by atoms with Gasteiger partial charge in [0.15, 0.2) is 0 Å². The van der Waals surface area contributed by atoms with Gasteiger partial charge in [-0.1, -0.05) is 12.1 Å². The number of hydrogen-bond acceptors (Lipinski definition) is 4. The molecule has 0 amide bonds. The number of aliphatic hydroxyl groups is 1. The first-order chi connectivity index (χ1) is 9.35. The minimum Gasteiger partial charge on any atom is -0.466 e. The van der Waals surface area contributed by atoms with Crippen LogP contribution in [0.15, 0.2) is 12.1 Å². The van der Waals surface area contributed by atoms with E-state index in [9.17, 15) is 18.0 Å². The number of alkyl halides is 3. The maximum Gasteiger partial charge on any atom is 0.418 e. The number of nitrogens with zero attached hydrogens (tertiary/aromatic N) is 1. The Morgan fingerprint density at radius 3 is 2.45 bits per heavy atom. The van der Waals surface area contributed by atoms with E-state index in [1.165, 1.54) is 12.1 Å². The molecule has 20 heavy (non-hydrogen) atoms. The molecule has 7 heteroatoms. The summed E-state index contributed by atoms with van der Waals surface area (Å²) in [4.78, 5) is 11.3. The van der Waals surface area contributed by atoms with Gasteiger partial charge in [0.2, 0.25) is 0 Å². The Morgan fingerprint density at radius 1 is 1.40 bits per heavy atom. The Labute approximate surface area is 113 Å². The Bertz CT molecular complexity index is 547. The number of benzene rings is 1. The second kappa shape index (κ2) is 6.39. The third kappa shape index (κ3) is 3.48. The Morgan fingerprint density at radius 2 is 2.00 bits per heavy atom. The van der Waals surface area contributed by atoms with Gasteiger partial charge in [-0.2, -0.15) is 18.4 Å². The van der Waals surface area contributed by atoms with E-state index in [0.29, 0.717) is 0 Å². The molecule has 0 bridgehead atoms. The van der Waals surface area contributed by atoms with Crippen molar-refractivity contribution in [3.05, 3.63) is 34.4 Å². The van der Waals surface area contributed by atoms with E-state index >= 15 is 0 Å². The van der Waals surface area contributed by atoms with E-state index in [1.54, 1.807) is 6.92 Å². The van der Waals surface area contributed by atoms with Crippen LogP contribution in [0.3, 0.4) is 0 Å². The summed E-state index contributed by atoms with van der Waals surface area (Å²) in [6, 6.07) is 3.73. The molecule has 0 aliphatic heterocycles. The summed E-state index contributed by atoms with van der Waals surface area (Å²) in [7, 11) is 0. The van der Waals surface area contributed by atoms with Crippen molar-refractivity contribution in [2.24, 2.45) is 0 Å². The van der Waals surface area contributed by atoms with E-state index in [0.717, 1.165) is 6.07 Å². The van der Waals surface area contributed by atoms with Crippen LogP contribution in [0.1, 0.15) is 29.2 Å². The monoisotopic (exact) mass is 287 g/mol. The predicted octanol–water partition coefficient (Wildman–Crippen LogP) is 2.17. The molecule has 0 fully saturated rings. The molecule has 1 N–H and O–H groups in total. The van der Waals surface area contributed by atoms with Crippen LogP contribution in [0.25, 0.3) is 0 Å². The first-order valence-corrected chi connectivity index (χ1v) is 5.73. The van der Waals surface area contributed by atoms with Crippen molar-refractivity contribution in [2.75, 3.05) is 6.61 Å². The fourth-order valence-electron chi connectivity index (χ4n) is 1.79. The van der Waals surface area contributed by atoms with Gasteiger partial charge in [0, 0.05) is 0 Å². The van der Waals surface area contributed by atoms with Gasteiger partial charge in [-0.05, 0) is 18.1 Å². The van der Waals surface area contributed by atoms with Crippen LogP contribution >= 0.6 is 0 Å². The fourth-order valence-corrected chi connectivity index (χ4v) is 1.79. The highest BCUT2D eigenvalue weighted by molar-refractivity contribution is 5.74. The standard InChI is InChI=1S/C13H12F3NO3/c1-2-20-11(19)5-8-3-4-9(7-18)12(10(8)6-17)13(14,15)16/h3-4,18H,2,5,7H2,1H3. The summed E-state index contributed by atoms with van der Waals surface area (Å²) in [5.74, 6) is -0.714. The smallest absolute Gasteiger partial charge is 0.418 e. The summed E-state index contributed by atoms with van der Waals surface area (Å²) < 4.78 is 43.6. The first kappa shape index (κ1) is 16.0. The quantitative estimate of drug-likeness (QED) is 0.862. The van der Waals surface area contributed by atoms with Crippen LogP contribution in [-0.2, 0) is 28.7 Å². The van der Waals surface area contributed by atoms with Gasteiger partial charge < -0.3 is 9.84 Å². The van der Waals surface area contributed by atoms with Gasteiger partial charge in [0.1, 0.15) is 6.07 Å². The molecule has 4 nitrogen and oxygen atoms in total. The number of hydrogen-bond donors (Lipinski definition) is 1. The van der Waals surface area contributed by atoms with Crippen LogP contribution in [-0.4, -0.2) is 17.7 Å². The number of carbonyl (C=O) groups excluding carboxylic acids is 1. The van der Waals surface area contributed by atoms with Crippen LogP contribution in [0.5, 0.6) is 0 Å². The van der Waals surface area contributed by atoms with Crippen LogP contribution in [0.4, 0.5) is 13.2 Å². The second-order valence-corrected chi connectivity index (χ2v) is 3.88. The molecule has 0 saturated heterocycles. The molecule has 0 spiro atoms. The number of halogens is 3. The zero-order valence-electron chi connectivity index (χ0n) is 10.6. The van der Waals surface area contributed by atoms with Crippen molar-refractivity contribution in [1.29, 1.82) is 5.26 Å². The van der Waals surface area contributed by atoms with Crippen LogP contribution in [0.2, 0.25) is 0 Å². The summed E-state index contributed by atoms with van der Waals surface area (Å²) in [5.41, 5.74) is -2.33. The minimum absolute atomic E-state index is 0.0736. The molecule has 1 aromatic carbocycles. The summed E-state index contributed by atoms with van der Waals surface area (Å²) in [6.45, 7) is 0.823. The molecule has 0 unspecified atom stereocenters. The van der Waals surface area contributed by atoms with Crippen molar-refractivity contribution in [2.45, 2.75) is 26.1 Å². The van der Waals surface area contributed by atoms with E-state index in [4.69, 9.17) is 10.4 Å². The van der Waals surface area contributed by atoms with Crippen LogP contribution < -0.4 is 0 Å². The zero-order valence-corrected chi connectivity index (χ0v) is 10.6. The van der Waals surface area contributed by atoms with Gasteiger partial charge in [-0.15, -0.1) is 0 Å². The molecule has 0 saturated carbocycles. The van der Waals surface area contributed by atoms with Gasteiger partial charge in [-0.3, -0.25) is 4.79 Å². The maximum atomic E-state index is 13.0. The lowest BCUT2D eigenvalue weighted by atomic mass is 9.94. The number of carbonyl (C=O) groups is 1. The topological polar surface area (TPSA) is 70.3 Å². The van der Waals surface area contributed by atoms with Gasteiger partial charge in [0.05, 0.1) is 30.8 Å². The Balaban J connectivity index is 3.36. The molecule has 0 heterocycles. The zero-order chi connectivity index (χ0) is 15.3.